The highest BCUT2D eigenvalue weighted by atomic mass is 35.5. The van der Waals surface area contributed by atoms with Crippen LogP contribution in [0.3, 0.4) is 0 Å². The van der Waals surface area contributed by atoms with Gasteiger partial charge in [-0.2, -0.15) is 0 Å². The van der Waals surface area contributed by atoms with Crippen LogP contribution in [0, 0.1) is 5.41 Å². The van der Waals surface area contributed by atoms with Crippen molar-refractivity contribution >= 4 is 34.7 Å². The van der Waals surface area contributed by atoms with E-state index in [4.69, 9.17) is 16.6 Å². The van der Waals surface area contributed by atoms with Crippen LogP contribution in [-0.4, -0.2) is 60.8 Å². The molecule has 1 amide bonds. The van der Waals surface area contributed by atoms with Gasteiger partial charge in [0.15, 0.2) is 0 Å². The number of nitrogens with zero attached hydrogens (tertiary/aromatic N) is 4. The number of halogens is 1. The molecule has 2 aromatic rings. The van der Waals surface area contributed by atoms with Crippen molar-refractivity contribution in [3.05, 3.63) is 59.6 Å². The molecule has 2 aliphatic rings. The Balaban J connectivity index is 1.82. The Bertz CT molecular complexity index is 902. The molecule has 0 radical (unpaired) electrons. The highest BCUT2D eigenvalue weighted by Gasteiger charge is 2.55. The van der Waals surface area contributed by atoms with Crippen LogP contribution in [0.15, 0.2) is 59.6 Å². The van der Waals surface area contributed by atoms with E-state index in [1.165, 1.54) is 0 Å². The fourth-order valence-corrected chi connectivity index (χ4v) is 4.37. The number of para-hydroxylation sites is 1. The van der Waals surface area contributed by atoms with E-state index in [1.54, 1.807) is 4.90 Å². The lowest BCUT2D eigenvalue weighted by Crippen LogP contribution is -2.55. The minimum atomic E-state index is -0.572. The van der Waals surface area contributed by atoms with E-state index in [0.29, 0.717) is 5.02 Å². The van der Waals surface area contributed by atoms with Gasteiger partial charge in [0, 0.05) is 31.2 Å². The van der Waals surface area contributed by atoms with Crippen molar-refractivity contribution in [1.29, 1.82) is 0 Å². The molecule has 5 nitrogen and oxygen atoms in total. The summed E-state index contributed by atoms with van der Waals surface area (Å²) in [7, 11) is 2.14. The summed E-state index contributed by atoms with van der Waals surface area (Å²) in [6.07, 6.45) is 0. The smallest absolute Gasteiger partial charge is 0.240 e. The summed E-state index contributed by atoms with van der Waals surface area (Å²) < 4.78 is 0. The molecule has 4 rings (SSSR count). The molecule has 152 valence electrons. The van der Waals surface area contributed by atoms with Crippen LogP contribution in [0.25, 0.3) is 0 Å². The number of carbonyl (C=O) groups is 1. The Morgan fingerprint density at radius 1 is 0.966 bits per heavy atom. The Kier molecular flexibility index (Phi) is 5.47. The molecule has 1 atom stereocenters. The van der Waals surface area contributed by atoms with Gasteiger partial charge in [-0.1, -0.05) is 29.8 Å². The lowest BCUT2D eigenvalue weighted by atomic mass is 9.85. The Morgan fingerprint density at radius 3 is 2.21 bits per heavy atom. The number of carbonyl (C=O) groups excluding carboxylic acids is 1. The summed E-state index contributed by atoms with van der Waals surface area (Å²) in [4.78, 5) is 25.1. The van der Waals surface area contributed by atoms with E-state index in [2.05, 4.69) is 16.8 Å². The van der Waals surface area contributed by atoms with E-state index in [0.717, 1.165) is 43.4 Å². The lowest BCUT2D eigenvalue weighted by Gasteiger charge is -2.40. The number of aliphatic imine (C=N–C) groups is 1. The van der Waals surface area contributed by atoms with Crippen LogP contribution in [-0.2, 0) is 4.79 Å². The van der Waals surface area contributed by atoms with Crippen molar-refractivity contribution < 1.29 is 4.79 Å². The molecule has 0 N–H and O–H groups in total. The van der Waals surface area contributed by atoms with Gasteiger partial charge in [-0.05, 0) is 57.3 Å². The van der Waals surface area contributed by atoms with Crippen LogP contribution in [0.4, 0.5) is 11.4 Å². The zero-order valence-corrected chi connectivity index (χ0v) is 17.9. The van der Waals surface area contributed by atoms with E-state index < -0.39 is 5.41 Å². The monoisotopic (exact) mass is 410 g/mol. The topological polar surface area (TPSA) is 39.1 Å². The molecule has 0 spiro atoms. The van der Waals surface area contributed by atoms with Crippen LogP contribution < -0.4 is 4.90 Å². The largest absolute Gasteiger partial charge is 0.304 e. The summed E-state index contributed by atoms with van der Waals surface area (Å²) in [5.74, 6) is 0.874. The fraction of sp³-hybridized carbons (Fsp3) is 0.391. The van der Waals surface area contributed by atoms with Crippen molar-refractivity contribution in [3.8, 4) is 0 Å². The highest BCUT2D eigenvalue weighted by Crippen LogP contribution is 2.40. The van der Waals surface area contributed by atoms with Crippen molar-refractivity contribution in [2.24, 2.45) is 10.4 Å². The Morgan fingerprint density at radius 2 is 1.59 bits per heavy atom. The molecular formula is C23H27ClN4O. The zero-order chi connectivity index (χ0) is 20.6. The van der Waals surface area contributed by atoms with Gasteiger partial charge in [0.05, 0.1) is 22.8 Å². The standard InChI is InChI=1S/C23H27ClN4O/c1-23(2)20(27-15-13-26(3)14-16-27)21(25-18-11-9-17(24)10-12-18)28(22(23)29)19-7-5-4-6-8-19/h4-12,20H,13-16H2,1-3H3. The van der Waals surface area contributed by atoms with Gasteiger partial charge in [-0.25, -0.2) is 4.99 Å². The number of hydrogen-bond donors (Lipinski definition) is 0. The SMILES string of the molecule is CN1CCN(C2C(=Nc3ccc(Cl)cc3)N(c3ccccc3)C(=O)C2(C)C)CC1. The summed E-state index contributed by atoms with van der Waals surface area (Å²) in [5, 5.41) is 0.673. The van der Waals surface area contributed by atoms with Gasteiger partial charge in [0.25, 0.3) is 0 Å². The predicted octanol–water partition coefficient (Wildman–Crippen LogP) is 4.06. The predicted molar refractivity (Wildman–Crippen MR) is 119 cm³/mol. The number of anilines is 1. The van der Waals surface area contributed by atoms with Gasteiger partial charge in [-0.3, -0.25) is 14.6 Å². The van der Waals surface area contributed by atoms with Crippen LogP contribution in [0.1, 0.15) is 13.8 Å². The maximum Gasteiger partial charge on any atom is 0.240 e. The summed E-state index contributed by atoms with van der Waals surface area (Å²) in [6, 6.07) is 17.2. The Labute approximate surface area is 177 Å². The first-order valence-corrected chi connectivity index (χ1v) is 10.4. The molecule has 0 saturated carbocycles. The third kappa shape index (κ3) is 3.82. The average Bonchev–Trinajstić information content (AvgIpc) is 2.91. The van der Waals surface area contributed by atoms with Crippen LogP contribution in [0.2, 0.25) is 5.02 Å². The molecule has 2 aromatic carbocycles. The summed E-state index contributed by atoms with van der Waals surface area (Å²) in [6.45, 7) is 7.89. The minimum absolute atomic E-state index is 0.0836. The number of rotatable bonds is 3. The second-order valence-corrected chi connectivity index (χ2v) is 8.82. The molecule has 0 aromatic heterocycles. The van der Waals surface area contributed by atoms with Gasteiger partial charge >= 0.3 is 0 Å². The van der Waals surface area contributed by atoms with Crippen molar-refractivity contribution in [2.75, 3.05) is 38.1 Å². The second-order valence-electron chi connectivity index (χ2n) is 8.39. The maximum absolute atomic E-state index is 13.6. The van der Waals surface area contributed by atoms with Gasteiger partial charge in [0.1, 0.15) is 5.84 Å². The summed E-state index contributed by atoms with van der Waals surface area (Å²) in [5.41, 5.74) is 1.08. The third-order valence-electron chi connectivity index (χ3n) is 5.90. The molecule has 0 bridgehead atoms. The first kappa shape index (κ1) is 20.1. The van der Waals surface area contributed by atoms with Gasteiger partial charge in [0.2, 0.25) is 5.91 Å². The number of amides is 1. The van der Waals surface area contributed by atoms with E-state index in [-0.39, 0.29) is 11.9 Å². The molecule has 2 saturated heterocycles. The third-order valence-corrected chi connectivity index (χ3v) is 6.15. The average molecular weight is 411 g/mol. The first-order chi connectivity index (χ1) is 13.9. The van der Waals surface area contributed by atoms with Crippen molar-refractivity contribution in [2.45, 2.75) is 19.9 Å². The quantitative estimate of drug-likeness (QED) is 0.766. The minimum Gasteiger partial charge on any atom is -0.304 e. The number of hydrogen-bond acceptors (Lipinski definition) is 4. The van der Waals surface area contributed by atoms with Gasteiger partial charge in [-0.15, -0.1) is 0 Å². The molecule has 2 heterocycles. The molecule has 2 aliphatic heterocycles. The maximum atomic E-state index is 13.6. The molecule has 0 aliphatic carbocycles. The second kappa shape index (κ2) is 7.90. The molecular weight excluding hydrogens is 384 g/mol. The molecule has 29 heavy (non-hydrogen) atoms. The van der Waals surface area contributed by atoms with E-state index in [1.807, 2.05) is 68.4 Å². The number of piperazine rings is 1. The van der Waals surface area contributed by atoms with E-state index in [9.17, 15) is 4.79 Å². The number of amidine groups is 1. The van der Waals surface area contributed by atoms with E-state index >= 15 is 0 Å². The highest BCUT2D eigenvalue weighted by molar-refractivity contribution is 6.30. The fourth-order valence-electron chi connectivity index (χ4n) is 4.24. The molecule has 1 unspecified atom stereocenters. The summed E-state index contributed by atoms with van der Waals surface area (Å²) >= 11 is 6.06. The Hall–Kier alpha value is -2.21. The lowest BCUT2D eigenvalue weighted by molar-refractivity contribution is -0.126. The van der Waals surface area contributed by atoms with Crippen molar-refractivity contribution in [3.63, 3.8) is 0 Å². The van der Waals surface area contributed by atoms with Gasteiger partial charge < -0.3 is 4.90 Å². The van der Waals surface area contributed by atoms with Crippen molar-refractivity contribution in [1.82, 2.24) is 9.80 Å². The normalized spacial score (nSPS) is 24.4. The number of likely N-dealkylation sites (N-methyl/N-ethyl adjacent to an activating group) is 1. The molecule has 6 heteroatoms. The molecule has 2 fully saturated rings. The van der Waals surface area contributed by atoms with Crippen LogP contribution >= 0.6 is 11.6 Å². The first-order valence-electron chi connectivity index (χ1n) is 10.0. The zero-order valence-electron chi connectivity index (χ0n) is 17.2. The number of benzene rings is 2. The van der Waals surface area contributed by atoms with Crippen LogP contribution in [0.5, 0.6) is 0 Å².